The van der Waals surface area contributed by atoms with E-state index < -0.39 is 79.0 Å². The fourth-order valence-electron chi connectivity index (χ4n) is 11.2. The maximum Gasteiger partial charge on any atom is 0.306 e. The van der Waals surface area contributed by atoms with E-state index in [0.29, 0.717) is 43.4 Å². The number of hydrogen-bond donors (Lipinski definition) is 9. The van der Waals surface area contributed by atoms with Crippen LogP contribution in [-0.4, -0.2) is 126 Å². The first-order valence-corrected chi connectivity index (χ1v) is 38.1. The third-order valence-corrected chi connectivity index (χ3v) is 18.3. The standard InChI is InChI=1S/C73H131N7O12S/c1-4-7-10-13-16-19-22-25-28-31-34-37-40-50-66(83)77-65(73(90)80-64(55-82)72(89)79-63(54-81)71(88)78-62(69(75)86)49-45-46-53-76-70(87)60-47-43-44-48-61(60)74)58-93-57-59(92-68(85)52-42-39-36-33-30-27-24-21-18-15-12-9-6-3)56-91-67(84)51-41-38-35-32-29-26-23-20-17-14-11-8-5-2/h43-44,47-48,59,62-65,81-82H,4-42,45-46,49-58,74H2,1-3H3,(H2,75,86)(H,76,87)(H,77,83)(H,78,88)(H,79,89)(H,80,90)/t59-,62-,63-,64-,65+/m1/s1. The lowest BCUT2D eigenvalue weighted by Gasteiger charge is -2.25. The Kier molecular flexibility index (Phi) is 56.2. The van der Waals surface area contributed by atoms with Gasteiger partial charge < -0.3 is 57.7 Å². The second-order valence-corrected chi connectivity index (χ2v) is 26.8. The Morgan fingerprint density at radius 3 is 1.23 bits per heavy atom. The van der Waals surface area contributed by atoms with Gasteiger partial charge in [0.25, 0.3) is 5.91 Å². The van der Waals surface area contributed by atoms with Crippen LogP contribution in [0.5, 0.6) is 0 Å². The Hall–Kier alpha value is -4.95. The number of esters is 2. The number of hydrogen-bond acceptors (Lipinski definition) is 14. The SMILES string of the molecule is CCCCCCCCCCCCCCCC(=O)N[C@@H](CSC[C@@H](COC(=O)CCCCCCCCCCCCCCC)OC(=O)CCCCCCCCCCCCCCC)C(=O)N[C@H](CO)C(=O)N[C@H](CO)C(=O)N[C@H](CCCCNC(=O)c1ccccc1N)C(N)=O. The molecule has 6 amide bonds. The van der Waals surface area contributed by atoms with E-state index in [0.717, 1.165) is 64.2 Å². The predicted molar refractivity (Wildman–Crippen MR) is 377 cm³/mol. The van der Waals surface area contributed by atoms with Crippen LogP contribution in [0.1, 0.15) is 320 Å². The zero-order chi connectivity index (χ0) is 68.2. The Morgan fingerprint density at radius 2 is 0.817 bits per heavy atom. The number of aliphatic hydroxyl groups is 2. The molecular formula is C73H131N7O12S. The molecule has 0 heterocycles. The maximum atomic E-state index is 14.2. The molecule has 0 aliphatic rings. The molecule has 0 aromatic heterocycles. The zero-order valence-corrected chi connectivity index (χ0v) is 59.1. The fraction of sp³-hybridized carbons (Fsp3) is 0.808. The number of primary amides is 1. The first kappa shape index (κ1) is 86.1. The number of unbranched alkanes of at least 4 members (excludes halogenated alkanes) is 37. The van der Waals surface area contributed by atoms with Gasteiger partial charge in [-0.2, -0.15) is 11.8 Å². The monoisotopic (exact) mass is 1330 g/mol. The Morgan fingerprint density at radius 1 is 0.441 bits per heavy atom. The lowest BCUT2D eigenvalue weighted by molar-refractivity contribution is -0.157. The van der Waals surface area contributed by atoms with Crippen LogP contribution in [-0.2, 0) is 43.0 Å². The number of rotatable bonds is 65. The number of nitrogens with two attached hydrogens (primary N) is 2. The number of carbonyl (C=O) groups excluding carboxylic acids is 8. The fourth-order valence-corrected chi connectivity index (χ4v) is 12.3. The predicted octanol–water partition coefficient (Wildman–Crippen LogP) is 13.2. The number of thioether (sulfide) groups is 1. The van der Waals surface area contributed by atoms with Crippen molar-refractivity contribution in [3.8, 4) is 0 Å². The van der Waals surface area contributed by atoms with E-state index in [-0.39, 0.29) is 62.2 Å². The van der Waals surface area contributed by atoms with Crippen LogP contribution in [0.25, 0.3) is 0 Å². The number of carbonyl (C=O) groups is 8. The van der Waals surface area contributed by atoms with Crippen molar-refractivity contribution in [2.45, 2.75) is 340 Å². The second-order valence-electron chi connectivity index (χ2n) is 25.7. The summed E-state index contributed by atoms with van der Waals surface area (Å²) in [7, 11) is 0. The highest BCUT2D eigenvalue weighted by molar-refractivity contribution is 7.99. The summed E-state index contributed by atoms with van der Waals surface area (Å²) >= 11 is 1.19. The molecule has 0 saturated carbocycles. The van der Waals surface area contributed by atoms with E-state index in [1.165, 1.54) is 179 Å². The molecule has 20 heteroatoms. The van der Waals surface area contributed by atoms with E-state index in [4.69, 9.17) is 20.9 Å². The minimum atomic E-state index is -1.65. The third-order valence-electron chi connectivity index (χ3n) is 17.1. The molecule has 5 atom stereocenters. The van der Waals surface area contributed by atoms with Gasteiger partial charge in [0, 0.05) is 43.0 Å². The number of ether oxygens (including phenoxy) is 2. The van der Waals surface area contributed by atoms with Gasteiger partial charge in [-0.25, -0.2) is 0 Å². The van der Waals surface area contributed by atoms with Crippen LogP contribution in [0.2, 0.25) is 0 Å². The van der Waals surface area contributed by atoms with E-state index in [1.807, 2.05) is 0 Å². The van der Waals surface area contributed by atoms with E-state index in [1.54, 1.807) is 24.3 Å². The van der Waals surface area contributed by atoms with Gasteiger partial charge in [0.1, 0.15) is 36.9 Å². The van der Waals surface area contributed by atoms with Gasteiger partial charge in [0.2, 0.25) is 29.5 Å². The average molecular weight is 1330 g/mol. The molecule has 0 aliphatic carbocycles. The van der Waals surface area contributed by atoms with Gasteiger partial charge in [-0.3, -0.25) is 38.4 Å². The number of aliphatic hydroxyl groups excluding tert-OH is 2. The van der Waals surface area contributed by atoms with Gasteiger partial charge in [0.15, 0.2) is 0 Å². The molecular weight excluding hydrogens is 1200 g/mol. The molecule has 1 aromatic carbocycles. The van der Waals surface area contributed by atoms with Crippen molar-refractivity contribution in [2.24, 2.45) is 5.73 Å². The molecule has 19 nitrogen and oxygen atoms in total. The summed E-state index contributed by atoms with van der Waals surface area (Å²) in [5.41, 5.74) is 12.2. The average Bonchev–Trinajstić information content (AvgIpc) is 2.54. The molecule has 0 unspecified atom stereocenters. The molecule has 536 valence electrons. The van der Waals surface area contributed by atoms with Crippen molar-refractivity contribution in [3.63, 3.8) is 0 Å². The summed E-state index contributed by atoms with van der Waals surface area (Å²) in [4.78, 5) is 106. The molecule has 1 aromatic rings. The zero-order valence-electron chi connectivity index (χ0n) is 58.3. The van der Waals surface area contributed by atoms with Crippen LogP contribution in [0, 0.1) is 0 Å². The highest BCUT2D eigenvalue weighted by Gasteiger charge is 2.31. The normalized spacial score (nSPS) is 12.9. The molecule has 1 rings (SSSR count). The smallest absolute Gasteiger partial charge is 0.306 e. The number of benzene rings is 1. The Bertz CT molecular complexity index is 2110. The molecule has 93 heavy (non-hydrogen) atoms. The lowest BCUT2D eigenvalue weighted by Crippen LogP contribution is -2.60. The molecule has 0 fully saturated rings. The summed E-state index contributed by atoms with van der Waals surface area (Å²) in [5.74, 6) is -5.19. The molecule has 0 radical (unpaired) electrons. The van der Waals surface area contributed by atoms with Crippen LogP contribution < -0.4 is 38.1 Å². The lowest BCUT2D eigenvalue weighted by atomic mass is 10.0. The molecule has 0 spiro atoms. The minimum Gasteiger partial charge on any atom is -0.462 e. The molecule has 0 saturated heterocycles. The van der Waals surface area contributed by atoms with Gasteiger partial charge in [-0.05, 0) is 50.7 Å². The van der Waals surface area contributed by atoms with Gasteiger partial charge in [0.05, 0.1) is 18.8 Å². The number of para-hydroxylation sites is 1. The van der Waals surface area contributed by atoms with Crippen molar-refractivity contribution >= 4 is 64.8 Å². The molecule has 0 aliphatic heterocycles. The first-order chi connectivity index (χ1) is 45.2. The highest BCUT2D eigenvalue weighted by atomic mass is 32.2. The number of nitrogens with one attached hydrogen (secondary N) is 5. The van der Waals surface area contributed by atoms with Gasteiger partial charge >= 0.3 is 11.9 Å². The molecule has 0 bridgehead atoms. The van der Waals surface area contributed by atoms with Crippen LogP contribution >= 0.6 is 11.8 Å². The van der Waals surface area contributed by atoms with Crippen LogP contribution in [0.4, 0.5) is 5.69 Å². The first-order valence-electron chi connectivity index (χ1n) is 37.0. The van der Waals surface area contributed by atoms with E-state index in [9.17, 15) is 48.6 Å². The number of anilines is 1. The van der Waals surface area contributed by atoms with Gasteiger partial charge in [-0.15, -0.1) is 0 Å². The number of amides is 6. The largest absolute Gasteiger partial charge is 0.462 e. The Labute approximate surface area is 566 Å². The Balaban J connectivity index is 3.06. The van der Waals surface area contributed by atoms with Crippen molar-refractivity contribution in [2.75, 3.05) is 43.6 Å². The van der Waals surface area contributed by atoms with Crippen LogP contribution in [0.3, 0.4) is 0 Å². The minimum absolute atomic E-state index is 0.0556. The summed E-state index contributed by atoms with van der Waals surface area (Å²) in [5, 5.41) is 33.5. The highest BCUT2D eigenvalue weighted by Crippen LogP contribution is 2.19. The van der Waals surface area contributed by atoms with Crippen LogP contribution in [0.15, 0.2) is 24.3 Å². The maximum absolute atomic E-state index is 14.2. The van der Waals surface area contributed by atoms with Crippen molar-refractivity contribution in [3.05, 3.63) is 29.8 Å². The topological polar surface area (TPSA) is 308 Å². The van der Waals surface area contributed by atoms with Crippen molar-refractivity contribution < 1.29 is 58.0 Å². The van der Waals surface area contributed by atoms with Gasteiger partial charge in [-0.1, -0.05) is 264 Å². The summed E-state index contributed by atoms with van der Waals surface area (Å²) in [6, 6.07) is 0.894. The summed E-state index contributed by atoms with van der Waals surface area (Å²) in [6.45, 7) is 4.91. The quantitative estimate of drug-likeness (QED) is 0.0166. The van der Waals surface area contributed by atoms with Crippen molar-refractivity contribution in [1.82, 2.24) is 26.6 Å². The van der Waals surface area contributed by atoms with E-state index in [2.05, 4.69) is 47.4 Å². The van der Waals surface area contributed by atoms with E-state index >= 15 is 0 Å². The second kappa shape index (κ2) is 60.7. The summed E-state index contributed by atoms with van der Waals surface area (Å²) < 4.78 is 11.7. The molecule has 11 N–H and O–H groups in total. The van der Waals surface area contributed by atoms with Crippen molar-refractivity contribution in [1.29, 1.82) is 0 Å². The number of nitrogen functional groups attached to an aromatic ring is 1. The third kappa shape index (κ3) is 48.4. The summed E-state index contributed by atoms with van der Waals surface area (Å²) in [6.07, 6.45) is 45.8.